The lowest BCUT2D eigenvalue weighted by molar-refractivity contribution is -0.0523. The third-order valence-electron chi connectivity index (χ3n) is 3.57. The van der Waals surface area contributed by atoms with Gasteiger partial charge in [-0.15, -0.1) is 0 Å². The molecular weight excluding hydrogens is 301 g/mol. The van der Waals surface area contributed by atoms with Crippen LogP contribution in [0.25, 0.3) is 0 Å². The molecule has 3 heterocycles. The van der Waals surface area contributed by atoms with Crippen molar-refractivity contribution in [3.8, 4) is 0 Å². The highest BCUT2D eigenvalue weighted by atomic mass is 31.2. The van der Waals surface area contributed by atoms with Gasteiger partial charge in [0.2, 0.25) is 0 Å². The van der Waals surface area contributed by atoms with Crippen molar-refractivity contribution in [2.75, 3.05) is 13.3 Å². The van der Waals surface area contributed by atoms with Gasteiger partial charge in [0.25, 0.3) is 0 Å². The largest absolute Gasteiger partial charge is 0.469 e. The van der Waals surface area contributed by atoms with Gasteiger partial charge in [-0.3, -0.25) is 4.52 Å². The first kappa shape index (κ1) is 14.8. The number of nitrogens with two attached hydrogens (primary N) is 1. The van der Waals surface area contributed by atoms with E-state index in [1.54, 1.807) is 6.34 Å². The van der Waals surface area contributed by atoms with Crippen LogP contribution in [0.4, 0.5) is 0 Å². The highest BCUT2D eigenvalue weighted by Gasteiger charge is 2.37. The van der Waals surface area contributed by atoms with Crippen LogP contribution in [-0.2, 0) is 13.8 Å². The van der Waals surface area contributed by atoms with E-state index in [0.29, 0.717) is 13.1 Å². The Balaban J connectivity index is 1.60. The highest BCUT2D eigenvalue weighted by Crippen LogP contribution is 2.37. The van der Waals surface area contributed by atoms with E-state index in [4.69, 9.17) is 20.3 Å². The molecule has 21 heavy (non-hydrogen) atoms. The molecule has 1 saturated heterocycles. The van der Waals surface area contributed by atoms with Gasteiger partial charge in [-0.2, -0.15) is 0 Å². The summed E-state index contributed by atoms with van der Waals surface area (Å²) in [5.41, 5.74) is 6.72. The Morgan fingerprint density at radius 2 is 2.38 bits per heavy atom. The van der Waals surface area contributed by atoms with E-state index in [1.807, 2.05) is 4.90 Å². The fourth-order valence-corrected chi connectivity index (χ4v) is 2.95. The van der Waals surface area contributed by atoms with Crippen molar-refractivity contribution >= 4 is 14.2 Å². The average Bonchev–Trinajstić information content (AvgIpc) is 3.02. The molecule has 0 bridgehead atoms. The van der Waals surface area contributed by atoms with Crippen LogP contribution in [0.2, 0.25) is 0 Å². The molecule has 3 rings (SSSR count). The molecule has 1 unspecified atom stereocenters. The predicted octanol–water partition coefficient (Wildman–Crippen LogP) is -1.45. The van der Waals surface area contributed by atoms with Gasteiger partial charge >= 0.3 is 7.82 Å². The smallest absolute Gasteiger partial charge is 0.365 e. The fourth-order valence-electron chi connectivity index (χ4n) is 2.59. The summed E-state index contributed by atoms with van der Waals surface area (Å²) in [7, 11) is -4.46. The second-order valence-electron chi connectivity index (χ2n) is 5.02. The molecule has 0 radical (unpaired) electrons. The van der Waals surface area contributed by atoms with Crippen LogP contribution in [0.15, 0.2) is 16.5 Å². The van der Waals surface area contributed by atoms with Crippen LogP contribution in [0.1, 0.15) is 12.8 Å². The Labute approximate surface area is 121 Å². The Morgan fingerprint density at radius 1 is 1.57 bits per heavy atom. The maximum atomic E-state index is 10.7. The number of nitrogens with zero attached hydrogens (tertiary/aromatic N) is 2. The van der Waals surface area contributed by atoms with Crippen molar-refractivity contribution in [3.05, 3.63) is 11.5 Å². The van der Waals surface area contributed by atoms with Crippen molar-refractivity contribution in [1.82, 2.24) is 15.5 Å². The van der Waals surface area contributed by atoms with Crippen molar-refractivity contribution in [1.29, 1.82) is 0 Å². The molecule has 118 valence electrons. The minimum Gasteiger partial charge on any atom is -0.365 e. The van der Waals surface area contributed by atoms with E-state index in [-0.39, 0.29) is 25.1 Å². The van der Waals surface area contributed by atoms with Gasteiger partial charge in [-0.25, -0.2) is 9.56 Å². The summed E-state index contributed by atoms with van der Waals surface area (Å²) >= 11 is 0. The number of hydrogen-bond acceptors (Lipinski definition) is 8. The maximum absolute atomic E-state index is 10.7. The van der Waals surface area contributed by atoms with E-state index in [2.05, 4.69) is 20.1 Å². The standard InChI is InChI=1S/C10H18N5O5P/c11-9-8-10(13-4-12-9)15(5-14-8)7-2-1-6(20-7)3-19-21(16,17)18/h4,6-7,9,14H,1-3,5,11H2,(H,12,13)(H2,16,17,18)/t6-,7+,9?/m0/s1. The molecule has 1 fully saturated rings. The summed E-state index contributed by atoms with van der Waals surface area (Å²) in [6.07, 6.45) is 2.07. The van der Waals surface area contributed by atoms with E-state index in [0.717, 1.165) is 17.9 Å². The van der Waals surface area contributed by atoms with Crippen molar-refractivity contribution < 1.29 is 23.6 Å². The van der Waals surface area contributed by atoms with Crippen LogP contribution in [0.5, 0.6) is 0 Å². The Kier molecular flexibility index (Phi) is 3.91. The maximum Gasteiger partial charge on any atom is 0.469 e. The summed E-state index contributed by atoms with van der Waals surface area (Å²) in [5.74, 6) is 0.739. The van der Waals surface area contributed by atoms with Gasteiger partial charge in [-0.05, 0) is 12.8 Å². The number of rotatable bonds is 4. The Morgan fingerprint density at radius 3 is 3.14 bits per heavy atom. The number of aliphatic imine (C=N–C) groups is 1. The minimum atomic E-state index is -4.46. The van der Waals surface area contributed by atoms with Crippen molar-refractivity contribution in [2.24, 2.45) is 10.7 Å². The monoisotopic (exact) mass is 319 g/mol. The number of phosphoric ester groups is 1. The lowest BCUT2D eigenvalue weighted by atomic mass is 10.2. The second-order valence-corrected chi connectivity index (χ2v) is 6.26. The summed E-state index contributed by atoms with van der Waals surface area (Å²) < 4.78 is 21.0. The third-order valence-corrected chi connectivity index (χ3v) is 4.05. The first-order valence-electron chi connectivity index (χ1n) is 6.58. The molecule has 0 spiro atoms. The number of hydrogen-bond donors (Lipinski definition) is 5. The zero-order valence-corrected chi connectivity index (χ0v) is 12.1. The average molecular weight is 319 g/mol. The molecule has 0 aromatic heterocycles. The molecule has 3 aliphatic rings. The number of nitrogens with one attached hydrogen (secondary N) is 2. The van der Waals surface area contributed by atoms with E-state index in [1.165, 1.54) is 0 Å². The number of phosphoric acid groups is 1. The first-order valence-corrected chi connectivity index (χ1v) is 8.11. The van der Waals surface area contributed by atoms with E-state index in [9.17, 15) is 4.57 Å². The molecular formula is C10H18N5O5P. The minimum absolute atomic E-state index is 0.127. The van der Waals surface area contributed by atoms with Gasteiger partial charge in [0.1, 0.15) is 12.4 Å². The van der Waals surface area contributed by atoms with Gasteiger partial charge in [-0.1, -0.05) is 0 Å². The van der Waals surface area contributed by atoms with Gasteiger partial charge in [0.05, 0.1) is 31.4 Å². The van der Waals surface area contributed by atoms with Crippen LogP contribution in [0.3, 0.4) is 0 Å². The van der Waals surface area contributed by atoms with Gasteiger partial charge < -0.3 is 35.8 Å². The molecule has 10 nitrogen and oxygen atoms in total. The third kappa shape index (κ3) is 3.20. The highest BCUT2D eigenvalue weighted by molar-refractivity contribution is 7.46. The molecule has 0 aromatic rings. The fraction of sp³-hybridized carbons (Fsp3) is 0.700. The van der Waals surface area contributed by atoms with Crippen molar-refractivity contribution in [2.45, 2.75) is 31.3 Å². The summed E-state index contributed by atoms with van der Waals surface area (Å²) in [6, 6.07) is 0. The van der Waals surface area contributed by atoms with Crippen LogP contribution in [0, 0.1) is 0 Å². The van der Waals surface area contributed by atoms with E-state index < -0.39 is 7.82 Å². The summed E-state index contributed by atoms with van der Waals surface area (Å²) in [5, 5.41) is 6.08. The molecule has 3 atom stereocenters. The normalized spacial score (nSPS) is 32.1. The molecule has 0 aliphatic carbocycles. The topological polar surface area (TPSA) is 142 Å². The second kappa shape index (κ2) is 5.56. The Bertz CT molecular complexity index is 520. The van der Waals surface area contributed by atoms with Crippen LogP contribution in [-0.4, -0.2) is 52.8 Å². The van der Waals surface area contributed by atoms with E-state index >= 15 is 0 Å². The Hall–Kier alpha value is -1.16. The van der Waals surface area contributed by atoms with Crippen molar-refractivity contribution in [3.63, 3.8) is 0 Å². The molecule has 0 aromatic carbocycles. The summed E-state index contributed by atoms with van der Waals surface area (Å²) in [6.45, 7) is 0.409. The molecule has 0 amide bonds. The number of ether oxygens (including phenoxy) is 1. The van der Waals surface area contributed by atoms with Crippen LogP contribution < -0.4 is 16.4 Å². The SMILES string of the molecule is NC1NC=NC2=C1NCN2[C@H]1CC[C@@H](COP(=O)(O)O)O1. The van der Waals surface area contributed by atoms with Gasteiger partial charge in [0, 0.05) is 0 Å². The lowest BCUT2D eigenvalue weighted by Crippen LogP contribution is -2.43. The molecule has 3 aliphatic heterocycles. The molecule has 11 heteroatoms. The summed E-state index contributed by atoms with van der Waals surface area (Å²) in [4.78, 5) is 23.6. The quantitative estimate of drug-likeness (QED) is 0.393. The lowest BCUT2D eigenvalue weighted by Gasteiger charge is -2.27. The predicted molar refractivity (Wildman–Crippen MR) is 72.4 cm³/mol. The molecule has 6 N–H and O–H groups in total. The zero-order chi connectivity index (χ0) is 15.0. The zero-order valence-electron chi connectivity index (χ0n) is 11.2. The van der Waals surface area contributed by atoms with Crippen LogP contribution >= 0.6 is 7.82 Å². The molecule has 0 saturated carbocycles. The van der Waals surface area contributed by atoms with Gasteiger partial charge in [0.15, 0.2) is 5.82 Å². The first-order chi connectivity index (χ1) is 9.94.